The number of amides is 1. The van der Waals surface area contributed by atoms with Gasteiger partial charge < -0.3 is 9.47 Å². The average Bonchev–Trinajstić information content (AvgIpc) is 2.60. The Balaban J connectivity index is 1.96. The van der Waals surface area contributed by atoms with Crippen LogP contribution in [0.25, 0.3) is 0 Å². The van der Waals surface area contributed by atoms with E-state index in [1.807, 2.05) is 25.7 Å². The van der Waals surface area contributed by atoms with Gasteiger partial charge in [0.05, 0.1) is 6.04 Å². The number of fused-ring (bicyclic) bond motifs is 2. The van der Waals surface area contributed by atoms with E-state index in [-0.39, 0.29) is 12.1 Å². The van der Waals surface area contributed by atoms with Crippen LogP contribution < -0.4 is 0 Å². The summed E-state index contributed by atoms with van der Waals surface area (Å²) in [4.78, 5) is 14.2. The lowest BCUT2D eigenvalue weighted by molar-refractivity contribution is 0.0165. The van der Waals surface area contributed by atoms with E-state index >= 15 is 0 Å². The van der Waals surface area contributed by atoms with Gasteiger partial charge in [0.15, 0.2) is 0 Å². The van der Waals surface area contributed by atoms with Crippen molar-refractivity contribution < 1.29 is 14.3 Å². The molecule has 20 heavy (non-hydrogen) atoms. The third-order valence-electron chi connectivity index (χ3n) is 3.92. The maximum absolute atomic E-state index is 12.3. The zero-order chi connectivity index (χ0) is 14.8. The smallest absolute Gasteiger partial charge is 0.411 e. The minimum Gasteiger partial charge on any atom is -0.444 e. The standard InChI is InChI=1S/C16H27NO3/c1-16(2,3)20-15(18)17-13-7-8-14(17)11-12(10-13)6-5-9-19-4/h10,13-14H,5-9,11H2,1-4H3. The summed E-state index contributed by atoms with van der Waals surface area (Å²) in [5.74, 6) is 0. The maximum atomic E-state index is 12.3. The van der Waals surface area contributed by atoms with Gasteiger partial charge in [0.1, 0.15) is 5.60 Å². The SMILES string of the molecule is COCCCC1=CC2CCC(C1)N2C(=O)OC(C)(C)C. The molecule has 0 aromatic rings. The van der Waals surface area contributed by atoms with Crippen LogP contribution in [-0.4, -0.2) is 42.4 Å². The van der Waals surface area contributed by atoms with E-state index in [4.69, 9.17) is 9.47 Å². The molecule has 0 saturated carbocycles. The van der Waals surface area contributed by atoms with Crippen molar-refractivity contribution in [1.82, 2.24) is 4.90 Å². The second-order valence-electron chi connectivity index (χ2n) is 6.81. The van der Waals surface area contributed by atoms with Crippen molar-refractivity contribution in [1.29, 1.82) is 0 Å². The van der Waals surface area contributed by atoms with Crippen molar-refractivity contribution in [2.24, 2.45) is 0 Å². The molecule has 2 unspecified atom stereocenters. The number of rotatable bonds is 4. The van der Waals surface area contributed by atoms with Crippen LogP contribution >= 0.6 is 0 Å². The molecule has 2 aliphatic heterocycles. The fraction of sp³-hybridized carbons (Fsp3) is 0.812. The first-order valence-electron chi connectivity index (χ1n) is 7.60. The Labute approximate surface area is 122 Å². The lowest BCUT2D eigenvalue weighted by Gasteiger charge is -2.35. The van der Waals surface area contributed by atoms with Crippen molar-refractivity contribution in [2.45, 2.75) is 70.6 Å². The number of nitrogens with zero attached hydrogens (tertiary/aromatic N) is 1. The Kier molecular flexibility index (Phi) is 4.74. The Bertz CT molecular complexity index is 384. The van der Waals surface area contributed by atoms with Crippen LogP contribution in [0, 0.1) is 0 Å². The summed E-state index contributed by atoms with van der Waals surface area (Å²) >= 11 is 0. The molecule has 2 atom stereocenters. The van der Waals surface area contributed by atoms with Crippen LogP contribution in [0.2, 0.25) is 0 Å². The number of hydrogen-bond donors (Lipinski definition) is 0. The average molecular weight is 281 g/mol. The first-order chi connectivity index (χ1) is 9.40. The highest BCUT2D eigenvalue weighted by Crippen LogP contribution is 2.37. The van der Waals surface area contributed by atoms with Crippen molar-refractivity contribution >= 4 is 6.09 Å². The monoisotopic (exact) mass is 281 g/mol. The number of carbonyl (C=O) groups is 1. The molecule has 1 saturated heterocycles. The third-order valence-corrected chi connectivity index (χ3v) is 3.92. The van der Waals surface area contributed by atoms with Crippen molar-refractivity contribution in [3.05, 3.63) is 11.6 Å². The first-order valence-corrected chi connectivity index (χ1v) is 7.60. The fourth-order valence-electron chi connectivity index (χ4n) is 3.15. The van der Waals surface area contributed by atoms with Gasteiger partial charge in [-0.05, 0) is 52.9 Å². The largest absolute Gasteiger partial charge is 0.444 e. The summed E-state index contributed by atoms with van der Waals surface area (Å²) in [6.07, 6.45) is 7.43. The third kappa shape index (κ3) is 3.75. The molecule has 1 amide bonds. The molecular formula is C16H27NO3. The van der Waals surface area contributed by atoms with Gasteiger partial charge in [0.2, 0.25) is 0 Å². The predicted molar refractivity (Wildman–Crippen MR) is 78.7 cm³/mol. The molecule has 0 spiro atoms. The number of ether oxygens (including phenoxy) is 2. The van der Waals surface area contributed by atoms with Gasteiger partial charge >= 0.3 is 6.09 Å². The van der Waals surface area contributed by atoms with Gasteiger partial charge in [0.25, 0.3) is 0 Å². The molecule has 2 aliphatic rings. The molecule has 2 heterocycles. The van der Waals surface area contributed by atoms with Crippen LogP contribution in [-0.2, 0) is 9.47 Å². The van der Waals surface area contributed by atoms with E-state index in [9.17, 15) is 4.79 Å². The molecule has 0 N–H and O–H groups in total. The summed E-state index contributed by atoms with van der Waals surface area (Å²) in [7, 11) is 1.74. The molecule has 2 rings (SSSR count). The van der Waals surface area contributed by atoms with Gasteiger partial charge in [-0.25, -0.2) is 4.79 Å². The molecule has 4 nitrogen and oxygen atoms in total. The van der Waals surface area contributed by atoms with Crippen molar-refractivity contribution in [3.8, 4) is 0 Å². The van der Waals surface area contributed by atoms with E-state index < -0.39 is 5.60 Å². The maximum Gasteiger partial charge on any atom is 0.411 e. The van der Waals surface area contributed by atoms with Crippen LogP contribution in [0.4, 0.5) is 4.79 Å². The molecule has 0 aliphatic carbocycles. The summed E-state index contributed by atoms with van der Waals surface area (Å²) in [6.45, 7) is 6.57. The molecular weight excluding hydrogens is 254 g/mol. The highest BCUT2D eigenvalue weighted by molar-refractivity contribution is 5.70. The highest BCUT2D eigenvalue weighted by Gasteiger charge is 2.41. The van der Waals surface area contributed by atoms with Crippen LogP contribution in [0.15, 0.2) is 11.6 Å². The van der Waals surface area contributed by atoms with E-state index in [1.54, 1.807) is 7.11 Å². The Hall–Kier alpha value is -1.03. The van der Waals surface area contributed by atoms with Crippen LogP contribution in [0.3, 0.4) is 0 Å². The number of hydrogen-bond acceptors (Lipinski definition) is 3. The lowest BCUT2D eigenvalue weighted by atomic mass is 9.98. The molecule has 0 radical (unpaired) electrons. The van der Waals surface area contributed by atoms with Crippen LogP contribution in [0.5, 0.6) is 0 Å². The second kappa shape index (κ2) is 6.17. The van der Waals surface area contributed by atoms with Gasteiger partial charge in [-0.2, -0.15) is 0 Å². The van der Waals surface area contributed by atoms with E-state index in [0.29, 0.717) is 6.04 Å². The highest BCUT2D eigenvalue weighted by atomic mass is 16.6. The molecule has 4 heteroatoms. The first kappa shape index (κ1) is 15.4. The zero-order valence-corrected chi connectivity index (χ0v) is 13.1. The summed E-state index contributed by atoms with van der Waals surface area (Å²) in [6, 6.07) is 0.568. The molecule has 1 fully saturated rings. The van der Waals surface area contributed by atoms with Gasteiger partial charge in [0, 0.05) is 19.8 Å². The van der Waals surface area contributed by atoms with E-state index in [0.717, 1.165) is 38.7 Å². The minimum atomic E-state index is -0.418. The summed E-state index contributed by atoms with van der Waals surface area (Å²) in [5.41, 5.74) is 1.06. The molecule has 2 bridgehead atoms. The second-order valence-corrected chi connectivity index (χ2v) is 6.81. The summed E-state index contributed by atoms with van der Waals surface area (Å²) < 4.78 is 10.6. The molecule has 0 aromatic carbocycles. The number of carbonyl (C=O) groups excluding carboxylic acids is 1. The van der Waals surface area contributed by atoms with Gasteiger partial charge in [-0.3, -0.25) is 4.90 Å². The van der Waals surface area contributed by atoms with Crippen LogP contribution in [0.1, 0.15) is 52.9 Å². The van der Waals surface area contributed by atoms with E-state index in [2.05, 4.69) is 6.08 Å². The van der Waals surface area contributed by atoms with Gasteiger partial charge in [-0.1, -0.05) is 11.6 Å². The Morgan fingerprint density at radius 2 is 2.15 bits per heavy atom. The normalized spacial score (nSPS) is 25.6. The van der Waals surface area contributed by atoms with Crippen molar-refractivity contribution in [3.63, 3.8) is 0 Å². The van der Waals surface area contributed by atoms with Crippen molar-refractivity contribution in [2.75, 3.05) is 13.7 Å². The summed E-state index contributed by atoms with van der Waals surface area (Å²) in [5, 5.41) is 0. The predicted octanol–water partition coefficient (Wildman–Crippen LogP) is 3.51. The Morgan fingerprint density at radius 3 is 2.75 bits per heavy atom. The lowest BCUT2D eigenvalue weighted by Crippen LogP contribution is -2.45. The van der Waals surface area contributed by atoms with E-state index in [1.165, 1.54) is 5.57 Å². The molecule has 114 valence electrons. The Morgan fingerprint density at radius 1 is 1.40 bits per heavy atom. The molecule has 0 aromatic heterocycles. The van der Waals surface area contributed by atoms with Gasteiger partial charge in [-0.15, -0.1) is 0 Å². The topological polar surface area (TPSA) is 38.8 Å². The zero-order valence-electron chi connectivity index (χ0n) is 13.1. The number of methoxy groups -OCH3 is 1. The quantitative estimate of drug-likeness (QED) is 0.584. The fourth-order valence-corrected chi connectivity index (χ4v) is 3.15. The minimum absolute atomic E-state index is 0.155.